The first-order valence-electron chi connectivity index (χ1n) is 8.94. The van der Waals surface area contributed by atoms with E-state index in [0.717, 1.165) is 17.4 Å². The molecule has 0 spiro atoms. The first-order valence-corrected chi connectivity index (χ1v) is 9.32. The van der Waals surface area contributed by atoms with Crippen LogP contribution in [0.4, 0.5) is 13.2 Å². The number of benzene rings is 4. The largest absolute Gasteiger partial charge is 0.206 e. The van der Waals surface area contributed by atoms with Crippen molar-refractivity contribution in [2.45, 2.75) is 13.3 Å². The molecule has 0 aliphatic heterocycles. The molecule has 0 N–H and O–H groups in total. The van der Waals surface area contributed by atoms with Gasteiger partial charge in [0.1, 0.15) is 22.5 Å². The lowest BCUT2D eigenvalue weighted by Gasteiger charge is -2.10. The minimum Gasteiger partial charge on any atom is -0.206 e. The quantitative estimate of drug-likeness (QED) is 0.310. The molecule has 4 rings (SSSR count). The summed E-state index contributed by atoms with van der Waals surface area (Å²) >= 11 is 5.53. The second-order valence-electron chi connectivity index (χ2n) is 6.67. The molecule has 4 aromatic carbocycles. The molecule has 4 heteroatoms. The van der Waals surface area contributed by atoms with Crippen LogP contribution in [0, 0.1) is 17.5 Å². The molecule has 0 bridgehead atoms. The molecule has 0 saturated heterocycles. The summed E-state index contributed by atoms with van der Waals surface area (Å²) in [6, 6.07) is 18.7. The predicted octanol–water partition coefficient (Wildman–Crippen LogP) is 7.81. The molecule has 0 heterocycles. The minimum absolute atomic E-state index is 0.281. The van der Waals surface area contributed by atoms with E-state index in [1.165, 1.54) is 12.1 Å². The van der Waals surface area contributed by atoms with E-state index in [-0.39, 0.29) is 5.82 Å². The van der Waals surface area contributed by atoms with Crippen LogP contribution < -0.4 is 0 Å². The maximum absolute atomic E-state index is 15.1. The first-order chi connectivity index (χ1) is 13.5. The summed E-state index contributed by atoms with van der Waals surface area (Å²) in [7, 11) is 0. The third kappa shape index (κ3) is 3.27. The second-order valence-corrected chi connectivity index (χ2v) is 7.05. The van der Waals surface area contributed by atoms with Gasteiger partial charge in [0.25, 0.3) is 0 Å². The molecule has 28 heavy (non-hydrogen) atoms. The predicted molar refractivity (Wildman–Crippen MR) is 109 cm³/mol. The molecule has 0 nitrogen and oxygen atoms in total. The minimum atomic E-state index is -0.812. The molecule has 140 valence electrons. The Balaban J connectivity index is 1.74. The molecule has 0 aromatic heterocycles. The number of hydrogen-bond acceptors (Lipinski definition) is 0. The summed E-state index contributed by atoms with van der Waals surface area (Å²) in [5, 5.41) is 0.912. The zero-order valence-electron chi connectivity index (χ0n) is 15.1. The summed E-state index contributed by atoms with van der Waals surface area (Å²) in [5.41, 5.74) is 3.32. The van der Waals surface area contributed by atoms with Gasteiger partial charge < -0.3 is 0 Å². The van der Waals surface area contributed by atoms with Gasteiger partial charge in [-0.25, -0.2) is 13.2 Å². The third-order valence-electron chi connectivity index (χ3n) is 4.94. The molecular formula is C24H16ClF3. The Kier molecular flexibility index (Phi) is 4.86. The number of fused-ring (bicyclic) bond motifs is 1. The standard InChI is InChI=1S/C24H16ClF3/c1-2-14-3-9-20-17(11-14)8-10-19(24(20)28)16-6-4-15(5-7-16)18-12-21(26)23(25)22(27)13-18/h3-13H,2H2,1H3. The van der Waals surface area contributed by atoms with Gasteiger partial charge in [0, 0.05) is 10.9 Å². The van der Waals surface area contributed by atoms with Crippen molar-refractivity contribution in [3.63, 3.8) is 0 Å². The Labute approximate surface area is 166 Å². The van der Waals surface area contributed by atoms with E-state index in [1.807, 2.05) is 18.2 Å². The maximum Gasteiger partial charge on any atom is 0.145 e. The highest BCUT2D eigenvalue weighted by Gasteiger charge is 2.12. The summed E-state index contributed by atoms with van der Waals surface area (Å²) in [5.74, 6) is -1.91. The highest BCUT2D eigenvalue weighted by atomic mass is 35.5. The molecule has 0 amide bonds. The van der Waals surface area contributed by atoms with Crippen molar-refractivity contribution in [1.82, 2.24) is 0 Å². The Morgan fingerprint density at radius 1 is 0.714 bits per heavy atom. The zero-order chi connectivity index (χ0) is 19.8. The van der Waals surface area contributed by atoms with Crippen LogP contribution in [0.1, 0.15) is 12.5 Å². The summed E-state index contributed by atoms with van der Waals surface area (Å²) in [6.07, 6.45) is 0.895. The van der Waals surface area contributed by atoms with E-state index >= 15 is 4.39 Å². The highest BCUT2D eigenvalue weighted by molar-refractivity contribution is 6.31. The maximum atomic E-state index is 15.1. The van der Waals surface area contributed by atoms with Crippen LogP contribution in [0.15, 0.2) is 66.7 Å². The topological polar surface area (TPSA) is 0 Å². The Hall–Kier alpha value is -2.78. The van der Waals surface area contributed by atoms with Gasteiger partial charge in [-0.15, -0.1) is 0 Å². The van der Waals surface area contributed by atoms with Crippen molar-refractivity contribution in [3.8, 4) is 22.3 Å². The van der Waals surface area contributed by atoms with Gasteiger partial charge in [-0.2, -0.15) is 0 Å². The van der Waals surface area contributed by atoms with E-state index in [4.69, 9.17) is 11.6 Å². The van der Waals surface area contributed by atoms with E-state index in [2.05, 4.69) is 6.92 Å². The molecule has 0 radical (unpaired) electrons. The van der Waals surface area contributed by atoms with E-state index in [0.29, 0.717) is 27.6 Å². The van der Waals surface area contributed by atoms with Crippen molar-refractivity contribution in [2.24, 2.45) is 0 Å². The summed E-state index contributed by atoms with van der Waals surface area (Å²) < 4.78 is 42.5. The normalized spacial score (nSPS) is 11.2. The summed E-state index contributed by atoms with van der Waals surface area (Å²) in [6.45, 7) is 2.06. The van der Waals surface area contributed by atoms with Gasteiger partial charge in [-0.1, -0.05) is 73.1 Å². The van der Waals surface area contributed by atoms with E-state index < -0.39 is 16.7 Å². The third-order valence-corrected chi connectivity index (χ3v) is 5.30. The van der Waals surface area contributed by atoms with Crippen LogP contribution in [0.3, 0.4) is 0 Å². The van der Waals surface area contributed by atoms with Crippen molar-refractivity contribution in [3.05, 3.63) is 94.8 Å². The van der Waals surface area contributed by atoms with Gasteiger partial charge >= 0.3 is 0 Å². The molecule has 0 aliphatic carbocycles. The smallest absolute Gasteiger partial charge is 0.145 e. The van der Waals surface area contributed by atoms with Crippen LogP contribution in [0.5, 0.6) is 0 Å². The Morgan fingerprint density at radius 2 is 1.36 bits per heavy atom. The van der Waals surface area contributed by atoms with Crippen LogP contribution in [0.25, 0.3) is 33.0 Å². The van der Waals surface area contributed by atoms with Crippen LogP contribution in [-0.2, 0) is 6.42 Å². The number of aryl methyl sites for hydroxylation is 1. The first kappa shape index (κ1) is 18.6. The molecule has 0 saturated carbocycles. The van der Waals surface area contributed by atoms with E-state index in [9.17, 15) is 8.78 Å². The Bertz CT molecular complexity index is 1160. The van der Waals surface area contributed by atoms with E-state index in [1.54, 1.807) is 36.4 Å². The molecule has 0 aliphatic rings. The lowest BCUT2D eigenvalue weighted by molar-refractivity contribution is 0.585. The molecule has 0 unspecified atom stereocenters. The SMILES string of the molecule is CCc1ccc2c(F)c(-c3ccc(-c4cc(F)c(Cl)c(F)c4)cc3)ccc2c1. The average Bonchev–Trinajstić information content (AvgIpc) is 2.72. The van der Waals surface area contributed by atoms with Gasteiger partial charge in [0.15, 0.2) is 0 Å². The van der Waals surface area contributed by atoms with Crippen molar-refractivity contribution < 1.29 is 13.2 Å². The molecular weight excluding hydrogens is 381 g/mol. The highest BCUT2D eigenvalue weighted by Crippen LogP contribution is 2.32. The van der Waals surface area contributed by atoms with Crippen molar-refractivity contribution >= 4 is 22.4 Å². The zero-order valence-corrected chi connectivity index (χ0v) is 15.8. The summed E-state index contributed by atoms with van der Waals surface area (Å²) in [4.78, 5) is 0. The monoisotopic (exact) mass is 396 g/mol. The Morgan fingerprint density at radius 3 is 2.00 bits per heavy atom. The van der Waals surface area contributed by atoms with Crippen molar-refractivity contribution in [1.29, 1.82) is 0 Å². The van der Waals surface area contributed by atoms with Crippen LogP contribution >= 0.6 is 11.6 Å². The lowest BCUT2D eigenvalue weighted by Crippen LogP contribution is -1.90. The van der Waals surface area contributed by atoms with Crippen LogP contribution in [0.2, 0.25) is 5.02 Å². The van der Waals surface area contributed by atoms with Gasteiger partial charge in [0.2, 0.25) is 0 Å². The molecule has 0 atom stereocenters. The average molecular weight is 397 g/mol. The number of hydrogen-bond donors (Lipinski definition) is 0. The number of halogens is 4. The molecule has 0 fully saturated rings. The molecule has 4 aromatic rings. The lowest BCUT2D eigenvalue weighted by atomic mass is 9.96. The fourth-order valence-electron chi connectivity index (χ4n) is 3.35. The fraction of sp³-hybridized carbons (Fsp3) is 0.0833. The van der Waals surface area contributed by atoms with Crippen LogP contribution in [-0.4, -0.2) is 0 Å². The second kappa shape index (κ2) is 7.33. The number of rotatable bonds is 3. The van der Waals surface area contributed by atoms with Gasteiger partial charge in [0.05, 0.1) is 0 Å². The fourth-order valence-corrected chi connectivity index (χ4v) is 3.46. The van der Waals surface area contributed by atoms with Gasteiger partial charge in [-0.3, -0.25) is 0 Å². The van der Waals surface area contributed by atoms with Crippen molar-refractivity contribution in [2.75, 3.05) is 0 Å². The van der Waals surface area contributed by atoms with Gasteiger partial charge in [-0.05, 0) is 46.2 Å².